The van der Waals surface area contributed by atoms with Gasteiger partial charge in [0.1, 0.15) is 5.75 Å². The number of fused-ring (bicyclic) bond motifs is 1. The fraction of sp³-hybridized carbons (Fsp3) is 0.333. The number of carbonyl (C=O) groups is 1. The summed E-state index contributed by atoms with van der Waals surface area (Å²) in [6.07, 6.45) is 5.35. The van der Waals surface area contributed by atoms with Crippen LogP contribution < -0.4 is 9.64 Å². The first-order valence-electron chi connectivity index (χ1n) is 7.61. The summed E-state index contributed by atoms with van der Waals surface area (Å²) in [6.45, 7) is 2.93. The van der Waals surface area contributed by atoms with Crippen molar-refractivity contribution in [3.8, 4) is 5.75 Å². The van der Waals surface area contributed by atoms with Crippen molar-refractivity contribution >= 4 is 11.6 Å². The van der Waals surface area contributed by atoms with Crippen LogP contribution >= 0.6 is 0 Å². The summed E-state index contributed by atoms with van der Waals surface area (Å²) in [5.74, 6) is 1.35. The van der Waals surface area contributed by atoms with Gasteiger partial charge >= 0.3 is 0 Å². The van der Waals surface area contributed by atoms with Crippen LogP contribution in [-0.2, 0) is 6.42 Å². The van der Waals surface area contributed by atoms with Gasteiger partial charge in [-0.05, 0) is 48.2 Å². The minimum absolute atomic E-state index is 0.0342. The molecule has 4 heteroatoms. The molecular formula is C18H20N2O2. The maximum absolute atomic E-state index is 12.8. The van der Waals surface area contributed by atoms with Crippen molar-refractivity contribution < 1.29 is 9.53 Å². The Morgan fingerprint density at radius 2 is 2.09 bits per heavy atom. The van der Waals surface area contributed by atoms with Crippen LogP contribution in [0.1, 0.15) is 29.3 Å². The minimum Gasteiger partial charge on any atom is -0.497 e. The molecule has 0 aliphatic carbocycles. The van der Waals surface area contributed by atoms with Crippen LogP contribution in [0.4, 0.5) is 5.69 Å². The summed E-state index contributed by atoms with van der Waals surface area (Å²) < 4.78 is 5.32. The Hall–Kier alpha value is -2.36. The Morgan fingerprint density at radius 1 is 1.32 bits per heavy atom. The van der Waals surface area contributed by atoms with Gasteiger partial charge in [-0.3, -0.25) is 9.78 Å². The molecule has 4 nitrogen and oxygen atoms in total. The number of carbonyl (C=O) groups excluding carboxylic acids is 1. The molecule has 0 radical (unpaired) electrons. The second-order valence-electron chi connectivity index (χ2n) is 5.62. The number of benzene rings is 1. The van der Waals surface area contributed by atoms with Crippen LogP contribution in [0.15, 0.2) is 42.7 Å². The monoisotopic (exact) mass is 296 g/mol. The molecule has 3 rings (SSSR count). The predicted molar refractivity (Wildman–Crippen MR) is 86.4 cm³/mol. The first-order chi connectivity index (χ1) is 10.7. The number of nitrogens with zero attached hydrogens (tertiary/aromatic N) is 2. The molecule has 0 spiro atoms. The summed E-state index contributed by atoms with van der Waals surface area (Å²) >= 11 is 0. The first kappa shape index (κ1) is 14.6. The molecule has 1 amide bonds. The number of ether oxygens (including phenoxy) is 1. The van der Waals surface area contributed by atoms with Crippen LogP contribution in [0, 0.1) is 5.92 Å². The third-order valence-electron chi connectivity index (χ3n) is 4.28. The van der Waals surface area contributed by atoms with Gasteiger partial charge in [0.2, 0.25) is 0 Å². The summed E-state index contributed by atoms with van der Waals surface area (Å²) in [5, 5.41) is 0. The number of hydrogen-bond donors (Lipinski definition) is 0. The lowest BCUT2D eigenvalue weighted by molar-refractivity contribution is 0.0979. The van der Waals surface area contributed by atoms with E-state index in [0.717, 1.165) is 30.8 Å². The number of rotatable bonds is 3. The molecule has 2 aromatic rings. The Labute approximate surface area is 130 Å². The van der Waals surface area contributed by atoms with E-state index in [9.17, 15) is 4.79 Å². The molecule has 114 valence electrons. The summed E-state index contributed by atoms with van der Waals surface area (Å²) in [7, 11) is 1.67. The lowest BCUT2D eigenvalue weighted by Gasteiger charge is -2.34. The molecule has 0 bridgehead atoms. The van der Waals surface area contributed by atoms with Crippen LogP contribution in [-0.4, -0.2) is 24.5 Å². The number of methoxy groups -OCH3 is 1. The smallest absolute Gasteiger partial charge is 0.258 e. The van der Waals surface area contributed by atoms with Gasteiger partial charge in [0.25, 0.3) is 5.91 Å². The molecule has 0 saturated carbocycles. The first-order valence-corrected chi connectivity index (χ1v) is 7.61. The average Bonchev–Trinajstić information content (AvgIpc) is 2.60. The average molecular weight is 296 g/mol. The van der Waals surface area contributed by atoms with E-state index in [1.165, 1.54) is 5.56 Å². The number of hydrogen-bond acceptors (Lipinski definition) is 3. The van der Waals surface area contributed by atoms with E-state index in [2.05, 4.69) is 11.9 Å². The minimum atomic E-state index is 0.0342. The molecular weight excluding hydrogens is 276 g/mol. The zero-order chi connectivity index (χ0) is 15.5. The molecule has 1 aliphatic heterocycles. The number of aromatic nitrogens is 1. The molecule has 1 atom stereocenters. The highest BCUT2D eigenvalue weighted by molar-refractivity contribution is 6.06. The van der Waals surface area contributed by atoms with Crippen LogP contribution in [0.25, 0.3) is 0 Å². The quantitative estimate of drug-likeness (QED) is 0.872. The molecule has 22 heavy (non-hydrogen) atoms. The van der Waals surface area contributed by atoms with Crippen molar-refractivity contribution in [3.63, 3.8) is 0 Å². The van der Waals surface area contributed by atoms with Crippen molar-refractivity contribution in [3.05, 3.63) is 53.9 Å². The van der Waals surface area contributed by atoms with Crippen molar-refractivity contribution in [2.45, 2.75) is 19.8 Å². The van der Waals surface area contributed by atoms with E-state index in [4.69, 9.17) is 4.74 Å². The largest absolute Gasteiger partial charge is 0.497 e. The Balaban J connectivity index is 1.99. The molecule has 1 aliphatic rings. The molecule has 0 saturated heterocycles. The van der Waals surface area contributed by atoms with Crippen LogP contribution in [0.5, 0.6) is 5.75 Å². The maximum atomic E-state index is 12.8. The van der Waals surface area contributed by atoms with Crippen molar-refractivity contribution in [2.24, 2.45) is 5.92 Å². The van der Waals surface area contributed by atoms with E-state index in [0.29, 0.717) is 11.5 Å². The van der Waals surface area contributed by atoms with Crippen LogP contribution in [0.2, 0.25) is 0 Å². The van der Waals surface area contributed by atoms with Crippen molar-refractivity contribution in [1.82, 2.24) is 4.98 Å². The van der Waals surface area contributed by atoms with E-state index in [-0.39, 0.29) is 5.91 Å². The molecule has 0 N–H and O–H groups in total. The second kappa shape index (κ2) is 6.18. The Morgan fingerprint density at radius 3 is 2.77 bits per heavy atom. The topological polar surface area (TPSA) is 42.4 Å². The Kier molecular flexibility index (Phi) is 4.09. The molecule has 0 fully saturated rings. The highest BCUT2D eigenvalue weighted by atomic mass is 16.5. The SMILES string of the molecule is CCC1Cc2cc(OC)ccc2N(C(=O)c2ccncc2)C1. The lowest BCUT2D eigenvalue weighted by atomic mass is 9.90. The second-order valence-corrected chi connectivity index (χ2v) is 5.62. The number of amides is 1. The van der Waals surface area contributed by atoms with Gasteiger partial charge in [-0.15, -0.1) is 0 Å². The fourth-order valence-corrected chi connectivity index (χ4v) is 2.96. The maximum Gasteiger partial charge on any atom is 0.258 e. The zero-order valence-electron chi connectivity index (χ0n) is 13.0. The fourth-order valence-electron chi connectivity index (χ4n) is 2.96. The molecule has 2 heterocycles. The van der Waals surface area contributed by atoms with Gasteiger partial charge in [0.05, 0.1) is 7.11 Å². The number of pyridine rings is 1. The van der Waals surface area contributed by atoms with Crippen LogP contribution in [0.3, 0.4) is 0 Å². The van der Waals surface area contributed by atoms with Crippen molar-refractivity contribution in [2.75, 3.05) is 18.6 Å². The predicted octanol–water partition coefficient (Wildman–Crippen LogP) is 3.32. The third kappa shape index (κ3) is 2.69. The molecule has 1 aromatic heterocycles. The van der Waals surface area contributed by atoms with E-state index in [1.54, 1.807) is 31.6 Å². The number of anilines is 1. The van der Waals surface area contributed by atoms with Gasteiger partial charge in [0, 0.05) is 30.2 Å². The van der Waals surface area contributed by atoms with Gasteiger partial charge in [-0.25, -0.2) is 0 Å². The van der Waals surface area contributed by atoms with Gasteiger partial charge in [-0.1, -0.05) is 13.3 Å². The molecule has 1 unspecified atom stereocenters. The third-order valence-corrected chi connectivity index (χ3v) is 4.28. The summed E-state index contributed by atoms with van der Waals surface area (Å²) in [4.78, 5) is 18.7. The summed E-state index contributed by atoms with van der Waals surface area (Å²) in [6, 6.07) is 9.48. The Bertz CT molecular complexity index is 670. The van der Waals surface area contributed by atoms with Gasteiger partial charge in [-0.2, -0.15) is 0 Å². The van der Waals surface area contributed by atoms with Crippen molar-refractivity contribution in [1.29, 1.82) is 0 Å². The van der Waals surface area contributed by atoms with E-state index >= 15 is 0 Å². The normalized spacial score (nSPS) is 17.0. The van der Waals surface area contributed by atoms with E-state index < -0.39 is 0 Å². The zero-order valence-corrected chi connectivity index (χ0v) is 13.0. The highest BCUT2D eigenvalue weighted by Crippen LogP contribution is 2.34. The molecule has 1 aromatic carbocycles. The standard InChI is InChI=1S/C18H20N2O2/c1-3-13-10-15-11-16(22-2)4-5-17(15)20(12-13)18(21)14-6-8-19-9-7-14/h4-9,11,13H,3,10,12H2,1-2H3. The highest BCUT2D eigenvalue weighted by Gasteiger charge is 2.28. The lowest BCUT2D eigenvalue weighted by Crippen LogP contribution is -2.39. The summed E-state index contributed by atoms with van der Waals surface area (Å²) in [5.41, 5.74) is 2.85. The van der Waals surface area contributed by atoms with Gasteiger partial charge < -0.3 is 9.64 Å². The van der Waals surface area contributed by atoms with Gasteiger partial charge in [0.15, 0.2) is 0 Å². The van der Waals surface area contributed by atoms with E-state index in [1.807, 2.05) is 23.1 Å².